The van der Waals surface area contributed by atoms with E-state index in [1.807, 2.05) is 13.8 Å². The van der Waals surface area contributed by atoms with Gasteiger partial charge < -0.3 is 10.5 Å². The van der Waals surface area contributed by atoms with Crippen molar-refractivity contribution in [3.63, 3.8) is 0 Å². The second-order valence-corrected chi connectivity index (χ2v) is 5.12. The van der Waals surface area contributed by atoms with Gasteiger partial charge in [-0.25, -0.2) is 4.98 Å². The van der Waals surface area contributed by atoms with Gasteiger partial charge >= 0.3 is 0 Å². The molecule has 0 radical (unpaired) electrons. The molecule has 3 nitrogen and oxygen atoms in total. The number of hydrogen-bond donors (Lipinski definition) is 1. The number of ether oxygens (including phenoxy) is 1. The van der Waals surface area contributed by atoms with Crippen molar-refractivity contribution >= 4 is 17.2 Å². The van der Waals surface area contributed by atoms with Gasteiger partial charge in [0.25, 0.3) is 0 Å². The van der Waals surface area contributed by atoms with Crippen LogP contribution in [0.1, 0.15) is 43.5 Å². The van der Waals surface area contributed by atoms with Gasteiger partial charge in [-0.2, -0.15) is 0 Å². The van der Waals surface area contributed by atoms with Gasteiger partial charge in [0.15, 0.2) is 0 Å². The summed E-state index contributed by atoms with van der Waals surface area (Å²) in [5.74, 6) is 0.591. The summed E-state index contributed by atoms with van der Waals surface area (Å²) in [6.45, 7) is 3.95. The first-order chi connectivity index (χ1) is 8.08. The van der Waals surface area contributed by atoms with Crippen molar-refractivity contribution in [2.24, 2.45) is 5.73 Å². The van der Waals surface area contributed by atoms with Crippen LogP contribution in [0.5, 0.6) is 5.88 Å². The second kappa shape index (κ2) is 5.00. The SMILES string of the molecule is CC(C)Oc1nc2c(cc1C(N)=S)CCCC2. The number of fused-ring (bicyclic) bond motifs is 1. The van der Waals surface area contributed by atoms with E-state index in [1.165, 1.54) is 18.4 Å². The maximum Gasteiger partial charge on any atom is 0.224 e. The average Bonchev–Trinajstić information content (AvgIpc) is 2.27. The first-order valence-electron chi connectivity index (χ1n) is 6.07. The molecule has 1 aromatic heterocycles. The number of thiocarbonyl (C=S) groups is 1. The minimum absolute atomic E-state index is 0.0808. The van der Waals surface area contributed by atoms with Gasteiger partial charge in [-0.15, -0.1) is 0 Å². The summed E-state index contributed by atoms with van der Waals surface area (Å²) in [4.78, 5) is 4.95. The Balaban J connectivity index is 2.44. The highest BCUT2D eigenvalue weighted by Gasteiger charge is 2.17. The number of nitrogens with two attached hydrogens (primary N) is 1. The van der Waals surface area contributed by atoms with Crippen LogP contribution < -0.4 is 10.5 Å². The first kappa shape index (κ1) is 12.3. The van der Waals surface area contributed by atoms with E-state index in [4.69, 9.17) is 22.7 Å². The molecule has 0 amide bonds. The zero-order valence-corrected chi connectivity index (χ0v) is 11.1. The van der Waals surface area contributed by atoms with E-state index >= 15 is 0 Å². The van der Waals surface area contributed by atoms with Gasteiger partial charge in [-0.3, -0.25) is 0 Å². The van der Waals surface area contributed by atoms with Crippen molar-refractivity contribution in [3.05, 3.63) is 22.9 Å². The predicted molar refractivity (Wildman–Crippen MR) is 72.5 cm³/mol. The Bertz CT molecular complexity index is 443. The van der Waals surface area contributed by atoms with Crippen LogP contribution >= 0.6 is 12.2 Å². The third kappa shape index (κ3) is 2.75. The molecule has 92 valence electrons. The first-order valence-corrected chi connectivity index (χ1v) is 6.48. The Labute approximate surface area is 107 Å². The third-order valence-corrected chi connectivity index (χ3v) is 3.10. The second-order valence-electron chi connectivity index (χ2n) is 4.68. The summed E-state index contributed by atoms with van der Waals surface area (Å²) in [5.41, 5.74) is 8.93. The van der Waals surface area contributed by atoms with Gasteiger partial charge in [0.05, 0.1) is 11.7 Å². The molecular formula is C13H18N2OS. The molecule has 0 aliphatic heterocycles. The molecule has 1 aliphatic rings. The van der Waals surface area contributed by atoms with Crippen molar-refractivity contribution in [3.8, 4) is 5.88 Å². The number of nitrogens with zero attached hydrogens (tertiary/aromatic N) is 1. The number of pyridine rings is 1. The van der Waals surface area contributed by atoms with Crippen LogP contribution in [0.3, 0.4) is 0 Å². The van der Waals surface area contributed by atoms with E-state index in [1.54, 1.807) is 0 Å². The zero-order chi connectivity index (χ0) is 12.4. The molecule has 1 aliphatic carbocycles. The maximum absolute atomic E-state index is 5.73. The Morgan fingerprint density at radius 1 is 1.41 bits per heavy atom. The molecule has 4 heteroatoms. The Morgan fingerprint density at radius 2 is 2.12 bits per heavy atom. The maximum atomic E-state index is 5.73. The number of hydrogen-bond acceptors (Lipinski definition) is 3. The standard InChI is InChI=1S/C13H18N2OS/c1-8(2)16-13-10(12(14)17)7-9-5-3-4-6-11(9)15-13/h7-8H,3-6H2,1-2H3,(H2,14,17). The summed E-state index contributed by atoms with van der Waals surface area (Å²) in [6, 6.07) is 2.06. The minimum atomic E-state index is 0.0808. The molecule has 0 spiro atoms. The lowest BCUT2D eigenvalue weighted by molar-refractivity contribution is 0.231. The molecule has 0 fully saturated rings. The van der Waals surface area contributed by atoms with E-state index in [2.05, 4.69) is 11.1 Å². The summed E-state index contributed by atoms with van der Waals surface area (Å²) < 4.78 is 5.69. The topological polar surface area (TPSA) is 48.1 Å². The lowest BCUT2D eigenvalue weighted by atomic mass is 9.95. The summed E-state index contributed by atoms with van der Waals surface area (Å²) in [6.07, 6.45) is 4.60. The summed E-state index contributed by atoms with van der Waals surface area (Å²) in [5, 5.41) is 0. The third-order valence-electron chi connectivity index (χ3n) is 2.88. The Hall–Kier alpha value is -1.16. The predicted octanol–water partition coefficient (Wildman–Crippen LogP) is 2.38. The lowest BCUT2D eigenvalue weighted by Crippen LogP contribution is -2.18. The Morgan fingerprint density at radius 3 is 2.76 bits per heavy atom. The minimum Gasteiger partial charge on any atom is -0.474 e. The smallest absolute Gasteiger partial charge is 0.224 e. The van der Waals surface area contributed by atoms with E-state index in [0.717, 1.165) is 24.1 Å². The van der Waals surface area contributed by atoms with E-state index in [-0.39, 0.29) is 6.10 Å². The molecule has 1 aromatic rings. The van der Waals surface area contributed by atoms with Crippen LogP contribution in [0.4, 0.5) is 0 Å². The van der Waals surface area contributed by atoms with Gasteiger partial charge in [0.2, 0.25) is 5.88 Å². The highest BCUT2D eigenvalue weighted by molar-refractivity contribution is 7.80. The summed E-state index contributed by atoms with van der Waals surface area (Å²) >= 11 is 5.07. The molecule has 1 heterocycles. The highest BCUT2D eigenvalue weighted by atomic mass is 32.1. The van der Waals surface area contributed by atoms with E-state index in [9.17, 15) is 0 Å². The fourth-order valence-electron chi connectivity index (χ4n) is 2.10. The molecule has 0 aromatic carbocycles. The van der Waals surface area contributed by atoms with Crippen molar-refractivity contribution in [2.45, 2.75) is 45.6 Å². The van der Waals surface area contributed by atoms with Crippen LogP contribution in [-0.4, -0.2) is 16.1 Å². The number of aryl methyl sites for hydroxylation is 2. The average molecular weight is 250 g/mol. The summed E-state index contributed by atoms with van der Waals surface area (Å²) in [7, 11) is 0. The molecule has 0 saturated carbocycles. The molecule has 0 bridgehead atoms. The fraction of sp³-hybridized carbons (Fsp3) is 0.538. The molecule has 0 saturated heterocycles. The van der Waals surface area contributed by atoms with E-state index in [0.29, 0.717) is 10.9 Å². The van der Waals surface area contributed by atoms with Crippen LogP contribution in [0.25, 0.3) is 0 Å². The number of aromatic nitrogens is 1. The molecule has 2 rings (SSSR count). The Kier molecular flexibility index (Phi) is 3.62. The van der Waals surface area contributed by atoms with Gasteiger partial charge in [-0.1, -0.05) is 12.2 Å². The van der Waals surface area contributed by atoms with Crippen molar-refractivity contribution in [1.29, 1.82) is 0 Å². The molecule has 0 unspecified atom stereocenters. The molecular weight excluding hydrogens is 232 g/mol. The van der Waals surface area contributed by atoms with Crippen molar-refractivity contribution in [2.75, 3.05) is 0 Å². The lowest BCUT2D eigenvalue weighted by Gasteiger charge is -2.19. The normalized spacial score (nSPS) is 14.5. The molecule has 0 atom stereocenters. The van der Waals surface area contributed by atoms with Crippen LogP contribution in [0.15, 0.2) is 6.07 Å². The van der Waals surface area contributed by atoms with Crippen molar-refractivity contribution in [1.82, 2.24) is 4.98 Å². The van der Waals surface area contributed by atoms with E-state index < -0.39 is 0 Å². The highest BCUT2D eigenvalue weighted by Crippen LogP contribution is 2.26. The van der Waals surface area contributed by atoms with Crippen LogP contribution in [0.2, 0.25) is 0 Å². The van der Waals surface area contributed by atoms with Crippen LogP contribution in [-0.2, 0) is 12.8 Å². The molecule has 17 heavy (non-hydrogen) atoms. The van der Waals surface area contributed by atoms with Crippen molar-refractivity contribution < 1.29 is 4.74 Å². The number of rotatable bonds is 3. The van der Waals surface area contributed by atoms with Gasteiger partial charge in [0, 0.05) is 5.69 Å². The monoisotopic (exact) mass is 250 g/mol. The zero-order valence-electron chi connectivity index (χ0n) is 10.3. The van der Waals surface area contributed by atoms with Gasteiger partial charge in [0.1, 0.15) is 4.99 Å². The van der Waals surface area contributed by atoms with Crippen LogP contribution in [0, 0.1) is 0 Å². The van der Waals surface area contributed by atoms with Gasteiger partial charge in [-0.05, 0) is 51.2 Å². The molecule has 2 N–H and O–H groups in total. The quantitative estimate of drug-likeness (QED) is 0.837. The largest absolute Gasteiger partial charge is 0.474 e. The fourth-order valence-corrected chi connectivity index (χ4v) is 2.25.